The second-order valence-electron chi connectivity index (χ2n) is 4.42. The highest BCUT2D eigenvalue weighted by Crippen LogP contribution is 2.23. The summed E-state index contributed by atoms with van der Waals surface area (Å²) in [5.74, 6) is -0.415. The van der Waals surface area contributed by atoms with Crippen LogP contribution in [-0.2, 0) is 11.3 Å². The van der Waals surface area contributed by atoms with Gasteiger partial charge in [0.1, 0.15) is 11.6 Å². The lowest BCUT2D eigenvalue weighted by atomic mass is 10.2. The van der Waals surface area contributed by atoms with Crippen LogP contribution in [0.15, 0.2) is 46.9 Å². The van der Waals surface area contributed by atoms with E-state index in [1.54, 1.807) is 18.2 Å². The van der Waals surface area contributed by atoms with E-state index in [9.17, 15) is 4.79 Å². The molecule has 3 rings (SSSR count). The van der Waals surface area contributed by atoms with E-state index in [1.807, 2.05) is 24.3 Å². The highest BCUT2D eigenvalue weighted by molar-refractivity contribution is 9.10. The number of hydrogen-bond acceptors (Lipinski definition) is 5. The average molecular weight is 363 g/mol. The van der Waals surface area contributed by atoms with E-state index in [-0.39, 0.29) is 6.61 Å². The third-order valence-corrected chi connectivity index (χ3v) is 4.29. The van der Waals surface area contributed by atoms with Crippen molar-refractivity contribution in [1.29, 1.82) is 0 Å². The van der Waals surface area contributed by atoms with Crippen molar-refractivity contribution in [1.82, 2.24) is 4.98 Å². The second-order valence-corrected chi connectivity index (χ2v) is 6.46. The lowest BCUT2D eigenvalue weighted by Gasteiger charge is -2.04. The molecule has 2 aromatic carbocycles. The summed E-state index contributed by atoms with van der Waals surface area (Å²) in [6.07, 6.45) is 0. The van der Waals surface area contributed by atoms with E-state index in [2.05, 4.69) is 20.9 Å². The van der Waals surface area contributed by atoms with Crippen LogP contribution in [0.5, 0.6) is 0 Å². The number of carbonyl (C=O) groups excluding carboxylic acids is 1. The molecule has 3 aromatic rings. The number of para-hydroxylation sites is 1. The molecule has 1 aromatic heterocycles. The molecule has 4 nitrogen and oxygen atoms in total. The normalized spacial score (nSPS) is 10.7. The van der Waals surface area contributed by atoms with Gasteiger partial charge in [-0.15, -0.1) is 11.3 Å². The third kappa shape index (κ3) is 3.22. The second kappa shape index (κ2) is 5.83. The molecule has 0 bridgehead atoms. The molecule has 0 aliphatic heterocycles. The number of fused-ring (bicyclic) bond motifs is 1. The van der Waals surface area contributed by atoms with Crippen LogP contribution in [0.2, 0.25) is 0 Å². The van der Waals surface area contributed by atoms with E-state index < -0.39 is 5.97 Å². The molecule has 0 saturated carbocycles. The zero-order valence-corrected chi connectivity index (χ0v) is 13.3. The summed E-state index contributed by atoms with van der Waals surface area (Å²) in [6.45, 7) is 0.157. The lowest BCUT2D eigenvalue weighted by Crippen LogP contribution is -2.05. The first-order valence-corrected chi connectivity index (χ1v) is 7.80. The summed E-state index contributed by atoms with van der Waals surface area (Å²) >= 11 is 4.82. The standard InChI is InChI=1S/C15H11BrN2O2S/c16-10-5-9(6-11(17)7-10)15(19)20-8-14-18-12-3-1-2-4-13(12)21-14/h1-7H,8,17H2. The molecule has 0 aliphatic rings. The molecule has 0 saturated heterocycles. The first kappa shape index (κ1) is 14.0. The van der Waals surface area contributed by atoms with Gasteiger partial charge in [-0.05, 0) is 30.3 Å². The molecule has 0 fully saturated rings. The van der Waals surface area contributed by atoms with E-state index in [4.69, 9.17) is 10.5 Å². The highest BCUT2D eigenvalue weighted by atomic mass is 79.9. The Bertz CT molecular complexity index is 763. The molecule has 0 atom stereocenters. The number of rotatable bonds is 3. The molecule has 21 heavy (non-hydrogen) atoms. The third-order valence-electron chi connectivity index (χ3n) is 2.82. The van der Waals surface area contributed by atoms with Gasteiger partial charge in [-0.2, -0.15) is 0 Å². The number of carbonyl (C=O) groups is 1. The van der Waals surface area contributed by atoms with Crippen LogP contribution in [-0.4, -0.2) is 11.0 Å². The average Bonchev–Trinajstić information content (AvgIpc) is 2.86. The maximum Gasteiger partial charge on any atom is 0.338 e. The summed E-state index contributed by atoms with van der Waals surface area (Å²) < 4.78 is 7.11. The fourth-order valence-electron chi connectivity index (χ4n) is 1.92. The van der Waals surface area contributed by atoms with Crippen molar-refractivity contribution in [2.75, 3.05) is 5.73 Å². The number of nitrogens with zero attached hydrogens (tertiary/aromatic N) is 1. The number of nitrogen functional groups attached to an aromatic ring is 1. The van der Waals surface area contributed by atoms with Crippen LogP contribution in [0.4, 0.5) is 5.69 Å². The van der Waals surface area contributed by atoms with E-state index in [0.29, 0.717) is 11.3 Å². The Morgan fingerprint density at radius 3 is 2.86 bits per heavy atom. The fourth-order valence-corrected chi connectivity index (χ4v) is 3.31. The number of thiazole rings is 1. The Morgan fingerprint density at radius 1 is 1.29 bits per heavy atom. The summed E-state index contributed by atoms with van der Waals surface area (Å²) in [4.78, 5) is 16.4. The smallest absolute Gasteiger partial charge is 0.338 e. The summed E-state index contributed by atoms with van der Waals surface area (Å²) in [6, 6.07) is 12.8. The molecule has 6 heteroatoms. The number of aromatic nitrogens is 1. The molecule has 2 N–H and O–H groups in total. The number of anilines is 1. The number of ether oxygens (including phenoxy) is 1. The van der Waals surface area contributed by atoms with Crippen LogP contribution in [0.25, 0.3) is 10.2 Å². The van der Waals surface area contributed by atoms with Crippen LogP contribution >= 0.6 is 27.3 Å². The van der Waals surface area contributed by atoms with Crippen LogP contribution < -0.4 is 5.73 Å². The molecule has 106 valence electrons. The predicted octanol–water partition coefficient (Wildman–Crippen LogP) is 4.00. The quantitative estimate of drug-likeness (QED) is 0.564. The number of benzene rings is 2. The van der Waals surface area contributed by atoms with Crippen molar-refractivity contribution in [2.24, 2.45) is 0 Å². The van der Waals surface area contributed by atoms with Crippen molar-refractivity contribution in [2.45, 2.75) is 6.61 Å². The molecular formula is C15H11BrN2O2S. The van der Waals surface area contributed by atoms with Gasteiger partial charge in [0.05, 0.1) is 15.8 Å². The Kier molecular flexibility index (Phi) is 3.90. The Labute approximate surface area is 133 Å². The van der Waals surface area contributed by atoms with Crippen molar-refractivity contribution in [3.63, 3.8) is 0 Å². The number of halogens is 1. The summed E-state index contributed by atoms with van der Waals surface area (Å²) in [5.41, 5.74) is 7.55. The Morgan fingerprint density at radius 2 is 2.10 bits per heavy atom. The SMILES string of the molecule is Nc1cc(Br)cc(C(=O)OCc2nc3ccccc3s2)c1. The molecule has 0 radical (unpaired) electrons. The number of nitrogens with two attached hydrogens (primary N) is 1. The van der Waals surface area contributed by atoms with Gasteiger partial charge in [0.2, 0.25) is 0 Å². The van der Waals surface area contributed by atoms with E-state index >= 15 is 0 Å². The van der Waals surface area contributed by atoms with Gasteiger partial charge in [-0.1, -0.05) is 28.1 Å². The van der Waals surface area contributed by atoms with Crippen molar-refractivity contribution < 1.29 is 9.53 Å². The van der Waals surface area contributed by atoms with Crippen molar-refractivity contribution in [3.05, 3.63) is 57.5 Å². The van der Waals surface area contributed by atoms with Gasteiger partial charge in [0, 0.05) is 10.2 Å². The lowest BCUT2D eigenvalue weighted by molar-refractivity contribution is 0.0472. The Hall–Kier alpha value is -1.92. The maximum atomic E-state index is 12.0. The topological polar surface area (TPSA) is 65.2 Å². The van der Waals surface area contributed by atoms with Gasteiger partial charge in [-0.3, -0.25) is 0 Å². The maximum absolute atomic E-state index is 12.0. The molecule has 1 heterocycles. The summed E-state index contributed by atoms with van der Waals surface area (Å²) in [7, 11) is 0. The zero-order valence-electron chi connectivity index (χ0n) is 10.9. The largest absolute Gasteiger partial charge is 0.455 e. The molecule has 0 aliphatic carbocycles. The minimum Gasteiger partial charge on any atom is -0.455 e. The van der Waals surface area contributed by atoms with Crippen molar-refractivity contribution >= 4 is 49.1 Å². The van der Waals surface area contributed by atoms with Crippen LogP contribution in [0, 0.1) is 0 Å². The van der Waals surface area contributed by atoms with Crippen LogP contribution in [0.3, 0.4) is 0 Å². The summed E-state index contributed by atoms with van der Waals surface area (Å²) in [5, 5.41) is 0.771. The van der Waals surface area contributed by atoms with E-state index in [0.717, 1.165) is 19.7 Å². The van der Waals surface area contributed by atoms with Gasteiger partial charge < -0.3 is 10.5 Å². The molecule has 0 amide bonds. The van der Waals surface area contributed by atoms with E-state index in [1.165, 1.54) is 11.3 Å². The zero-order chi connectivity index (χ0) is 14.8. The number of esters is 1. The van der Waals surface area contributed by atoms with Crippen LogP contribution in [0.1, 0.15) is 15.4 Å². The molecule has 0 spiro atoms. The minimum atomic E-state index is -0.415. The monoisotopic (exact) mass is 362 g/mol. The molecular weight excluding hydrogens is 352 g/mol. The minimum absolute atomic E-state index is 0.157. The Balaban J connectivity index is 1.73. The van der Waals surface area contributed by atoms with Gasteiger partial charge in [0.15, 0.2) is 0 Å². The number of hydrogen-bond donors (Lipinski definition) is 1. The highest BCUT2D eigenvalue weighted by Gasteiger charge is 2.11. The fraction of sp³-hybridized carbons (Fsp3) is 0.0667. The predicted molar refractivity (Wildman–Crippen MR) is 87.3 cm³/mol. The van der Waals surface area contributed by atoms with Crippen molar-refractivity contribution in [3.8, 4) is 0 Å². The first-order chi connectivity index (χ1) is 10.1. The van der Waals surface area contributed by atoms with Gasteiger partial charge in [0.25, 0.3) is 0 Å². The first-order valence-electron chi connectivity index (χ1n) is 6.19. The van der Waals surface area contributed by atoms with Gasteiger partial charge >= 0.3 is 5.97 Å². The molecule has 0 unspecified atom stereocenters. The van der Waals surface area contributed by atoms with Gasteiger partial charge in [-0.25, -0.2) is 9.78 Å².